The van der Waals surface area contributed by atoms with Crippen LogP contribution in [0, 0.1) is 11.8 Å². The second-order valence-electron chi connectivity index (χ2n) is 19.5. The summed E-state index contributed by atoms with van der Waals surface area (Å²) in [6, 6.07) is 20.2. The number of benzene rings is 3. The second-order valence-corrected chi connectivity index (χ2v) is 20.5. The summed E-state index contributed by atoms with van der Waals surface area (Å²) >= 11 is 1.59. The molecule has 2 heterocycles. The molecule has 76 heavy (non-hydrogen) atoms. The maximum atomic E-state index is 13.0. The fourth-order valence-electron chi connectivity index (χ4n) is 8.91. The van der Waals surface area contributed by atoms with Gasteiger partial charge < -0.3 is 46.9 Å². The van der Waals surface area contributed by atoms with Crippen LogP contribution in [0.25, 0.3) is 16.8 Å². The third kappa shape index (κ3) is 21.0. The van der Waals surface area contributed by atoms with Gasteiger partial charge in [-0.25, -0.2) is 9.59 Å². The van der Waals surface area contributed by atoms with Gasteiger partial charge in [0.2, 0.25) is 35.4 Å². The van der Waals surface area contributed by atoms with E-state index in [1.165, 1.54) is 7.11 Å². The first-order chi connectivity index (χ1) is 36.5. The normalized spacial score (nSPS) is 17.6. The molecule has 20 heteroatoms. The highest BCUT2D eigenvalue weighted by Gasteiger charge is 2.33. The number of aliphatic hydroxyl groups excluding tert-OH is 1. The quantitative estimate of drug-likeness (QED) is 0.0444. The summed E-state index contributed by atoms with van der Waals surface area (Å²) in [5.41, 5.74) is 2.04. The monoisotopic (exact) mass is 1070 g/mol. The SMILES string of the molecule is CC[C@H](C)[C@@H](CN(CC(=O)N[C@@H](CCO)C(=O)O)Cc1cccc2ccccc12)NC(=O)[C@@H]1CCC(=O)N1.CC[C@H](C)[C@@H](CN(CC=Cc1ccccc1)CC(=O)N[C@@H](CCSC)C(=O)OC)NC(=O)[C@@H]1CCC(=O)N1. The predicted molar refractivity (Wildman–Crippen MR) is 294 cm³/mol. The Morgan fingerprint density at radius 2 is 1.28 bits per heavy atom. The highest BCUT2D eigenvalue weighted by molar-refractivity contribution is 7.98. The molecule has 0 bridgehead atoms. The van der Waals surface area contributed by atoms with E-state index in [-0.39, 0.29) is 79.6 Å². The topological polar surface area (TPSA) is 265 Å². The van der Waals surface area contributed by atoms with Crippen LogP contribution in [-0.4, -0.2) is 162 Å². The third-order valence-corrected chi connectivity index (χ3v) is 14.5. The van der Waals surface area contributed by atoms with Crippen molar-refractivity contribution < 1.29 is 53.3 Å². The zero-order valence-corrected chi connectivity index (χ0v) is 45.7. The van der Waals surface area contributed by atoms with E-state index in [9.17, 15) is 48.6 Å². The molecule has 416 valence electrons. The molecule has 6 amide bonds. The number of nitrogens with one attached hydrogen (secondary N) is 6. The summed E-state index contributed by atoms with van der Waals surface area (Å²) in [6.45, 7) is 9.40. The Labute approximate surface area is 451 Å². The fraction of sp³-hybridized carbons (Fsp3) is 0.536. The van der Waals surface area contributed by atoms with E-state index in [0.717, 1.165) is 34.7 Å². The first kappa shape index (κ1) is 62.2. The minimum atomic E-state index is -1.21. The number of amides is 6. The summed E-state index contributed by atoms with van der Waals surface area (Å²) in [5, 5.41) is 37.6. The molecular weight excluding hydrogens is 993 g/mol. The largest absolute Gasteiger partial charge is 0.480 e. The van der Waals surface area contributed by atoms with Gasteiger partial charge in [-0.1, -0.05) is 125 Å². The number of thioether (sulfide) groups is 1. The number of rotatable bonds is 30. The van der Waals surface area contributed by atoms with Gasteiger partial charge in [-0.3, -0.25) is 38.6 Å². The molecule has 19 nitrogen and oxygen atoms in total. The molecule has 2 saturated heterocycles. The Hall–Kier alpha value is -6.35. The van der Waals surface area contributed by atoms with Gasteiger partial charge in [0.15, 0.2) is 0 Å². The number of carboxylic acids is 1. The van der Waals surface area contributed by atoms with Crippen LogP contribution in [0.5, 0.6) is 0 Å². The van der Waals surface area contributed by atoms with E-state index in [2.05, 4.69) is 45.7 Å². The number of carboxylic acid groups (broad SMARTS) is 1. The fourth-order valence-corrected chi connectivity index (χ4v) is 9.38. The van der Waals surface area contributed by atoms with Crippen molar-refractivity contribution in [1.29, 1.82) is 0 Å². The van der Waals surface area contributed by atoms with Crippen molar-refractivity contribution in [2.75, 3.05) is 58.4 Å². The summed E-state index contributed by atoms with van der Waals surface area (Å²) in [6.07, 6.45) is 9.52. The Kier molecular flexibility index (Phi) is 27.0. The lowest BCUT2D eigenvalue weighted by atomic mass is 9.97. The van der Waals surface area contributed by atoms with Crippen LogP contribution in [0.3, 0.4) is 0 Å². The minimum absolute atomic E-state index is 0.0505. The molecule has 5 rings (SSSR count). The number of ether oxygens (including phenoxy) is 1. The molecule has 0 radical (unpaired) electrons. The molecule has 8 N–H and O–H groups in total. The molecular formula is C56H80N8O11S. The van der Waals surface area contributed by atoms with Crippen LogP contribution in [0.15, 0.2) is 78.9 Å². The van der Waals surface area contributed by atoms with Crippen LogP contribution >= 0.6 is 11.8 Å². The number of aliphatic carboxylic acids is 1. The second kappa shape index (κ2) is 32.9. The predicted octanol–water partition coefficient (Wildman–Crippen LogP) is 3.63. The van der Waals surface area contributed by atoms with E-state index >= 15 is 0 Å². The van der Waals surface area contributed by atoms with Crippen LogP contribution < -0.4 is 31.9 Å². The van der Waals surface area contributed by atoms with Crippen LogP contribution in [0.4, 0.5) is 0 Å². The maximum absolute atomic E-state index is 13.0. The number of carbonyl (C=O) groups excluding carboxylic acids is 7. The zero-order chi connectivity index (χ0) is 55.6. The van der Waals surface area contributed by atoms with Crippen LogP contribution in [0.2, 0.25) is 0 Å². The van der Waals surface area contributed by atoms with Crippen molar-refractivity contribution in [3.8, 4) is 0 Å². The van der Waals surface area contributed by atoms with E-state index < -0.39 is 42.0 Å². The van der Waals surface area contributed by atoms with E-state index in [0.29, 0.717) is 64.0 Å². The number of aliphatic hydroxyl groups is 1. The third-order valence-electron chi connectivity index (χ3n) is 13.8. The molecule has 0 spiro atoms. The number of carbonyl (C=O) groups is 8. The zero-order valence-electron chi connectivity index (χ0n) is 44.9. The molecule has 3 aromatic carbocycles. The highest BCUT2D eigenvalue weighted by Crippen LogP contribution is 2.22. The molecule has 2 aliphatic rings. The van der Waals surface area contributed by atoms with Crippen LogP contribution in [0.1, 0.15) is 90.2 Å². The molecule has 3 aromatic rings. The van der Waals surface area contributed by atoms with Gasteiger partial charge >= 0.3 is 11.9 Å². The van der Waals surface area contributed by atoms with Crippen molar-refractivity contribution >= 4 is 76.0 Å². The summed E-state index contributed by atoms with van der Waals surface area (Å²) < 4.78 is 4.87. The highest BCUT2D eigenvalue weighted by atomic mass is 32.2. The van der Waals surface area contributed by atoms with E-state index in [1.54, 1.807) is 11.8 Å². The molecule has 0 aliphatic carbocycles. The maximum Gasteiger partial charge on any atom is 0.328 e. The summed E-state index contributed by atoms with van der Waals surface area (Å²) in [4.78, 5) is 103. The lowest BCUT2D eigenvalue weighted by Gasteiger charge is -2.32. The number of hydrogen-bond acceptors (Lipinski definition) is 13. The Balaban J connectivity index is 0.000000328. The van der Waals surface area contributed by atoms with Gasteiger partial charge in [0, 0.05) is 64.1 Å². The van der Waals surface area contributed by atoms with E-state index in [4.69, 9.17) is 4.74 Å². The standard InChI is InChI=1S/C28H38N4O6.C28H42N4O5S/c1-3-18(2)24(31-27(36)22-11-12-25(34)29-22)16-32(17-26(35)30-23(13-14-33)28(37)38)15-20-9-6-8-19-7-4-5-10-21(19)20;1-5-20(2)24(31-27(35)22-13-14-25(33)29-22)18-32(16-9-12-21-10-7-6-8-11-21)19-26(34)30-23(15-17-38-4)28(36)37-3/h4-10,18,22-24,33H,3,11-17H2,1-2H3,(H,29,34)(H,30,35)(H,31,36)(H,37,38);6-12,20,22-24H,5,13-19H2,1-4H3,(H,29,33)(H,30,34)(H,31,35)/t18-,22-,23-,24+;20-,22-,23-,24+/m00/s1. The van der Waals surface area contributed by atoms with Crippen molar-refractivity contribution in [1.82, 2.24) is 41.7 Å². The number of fused-ring (bicyclic) bond motifs is 1. The molecule has 0 saturated carbocycles. The Morgan fingerprint density at radius 1 is 0.737 bits per heavy atom. The number of nitrogens with zero attached hydrogens (tertiary/aromatic N) is 2. The lowest BCUT2D eigenvalue weighted by molar-refractivity contribution is -0.145. The summed E-state index contributed by atoms with van der Waals surface area (Å²) in [7, 11) is 1.31. The van der Waals surface area contributed by atoms with Gasteiger partial charge in [-0.2, -0.15) is 11.8 Å². The smallest absolute Gasteiger partial charge is 0.328 e. The van der Waals surface area contributed by atoms with Crippen molar-refractivity contribution in [3.05, 3.63) is 90.0 Å². The minimum Gasteiger partial charge on any atom is -0.480 e. The Morgan fingerprint density at radius 3 is 1.80 bits per heavy atom. The average Bonchev–Trinajstić information content (AvgIpc) is 4.07. The molecule has 2 fully saturated rings. The van der Waals surface area contributed by atoms with Gasteiger partial charge in [0.25, 0.3) is 0 Å². The van der Waals surface area contributed by atoms with Crippen molar-refractivity contribution in [2.24, 2.45) is 11.8 Å². The van der Waals surface area contributed by atoms with E-state index in [1.807, 2.05) is 115 Å². The number of methoxy groups -OCH3 is 1. The number of hydrogen-bond donors (Lipinski definition) is 8. The lowest BCUT2D eigenvalue weighted by Crippen LogP contribution is -2.54. The molecule has 0 aromatic heterocycles. The van der Waals surface area contributed by atoms with Gasteiger partial charge in [0.1, 0.15) is 24.2 Å². The first-order valence-electron chi connectivity index (χ1n) is 26.3. The first-order valence-corrected chi connectivity index (χ1v) is 27.7. The van der Waals surface area contributed by atoms with Gasteiger partial charge in [0.05, 0.1) is 20.2 Å². The van der Waals surface area contributed by atoms with Crippen molar-refractivity contribution in [2.45, 2.75) is 122 Å². The van der Waals surface area contributed by atoms with Crippen LogP contribution in [-0.2, 0) is 49.6 Å². The molecule has 8 atom stereocenters. The van der Waals surface area contributed by atoms with Crippen molar-refractivity contribution in [3.63, 3.8) is 0 Å². The summed E-state index contributed by atoms with van der Waals surface area (Å²) in [5.74, 6) is -2.22. The Bertz CT molecular complexity index is 2400. The number of esters is 1. The molecule has 2 aliphatic heterocycles. The average molecular weight is 1070 g/mol. The molecule has 0 unspecified atom stereocenters. The van der Waals surface area contributed by atoms with Gasteiger partial charge in [-0.05, 0) is 65.0 Å². The van der Waals surface area contributed by atoms with Gasteiger partial charge in [-0.15, -0.1) is 0 Å².